The Kier molecular flexibility index (Phi) is 16.5. The summed E-state index contributed by atoms with van der Waals surface area (Å²) in [7, 11) is 0. The van der Waals surface area contributed by atoms with Gasteiger partial charge in [0.25, 0.3) is 0 Å². The van der Waals surface area contributed by atoms with Crippen LogP contribution >= 0.6 is 0 Å². The molecule has 0 bridgehead atoms. The van der Waals surface area contributed by atoms with Crippen molar-refractivity contribution < 1.29 is 9.66 Å². The van der Waals surface area contributed by atoms with Gasteiger partial charge in [-0.05, 0) is 30.7 Å². The van der Waals surface area contributed by atoms with Crippen LogP contribution in [-0.2, 0) is 4.74 Å². The second-order valence-corrected chi connectivity index (χ2v) is 3.82. The highest BCUT2D eigenvalue weighted by Gasteiger charge is 2.16. The maximum Gasteiger partial charge on any atom is 0.306 e. The van der Waals surface area contributed by atoms with Crippen LogP contribution in [0.3, 0.4) is 0 Å². The number of hydrogen-bond donors (Lipinski definition) is 0. The van der Waals surface area contributed by atoms with Gasteiger partial charge >= 0.3 is 5.70 Å². The van der Waals surface area contributed by atoms with Gasteiger partial charge in [-0.1, -0.05) is 76.8 Å². The number of allylic oxidation sites excluding steroid dienone is 3. The Hall–Kier alpha value is -2.62. The number of nitro groups is 1. The second kappa shape index (κ2) is 16.7. The van der Waals surface area contributed by atoms with E-state index in [4.69, 9.17) is 4.74 Å². The van der Waals surface area contributed by atoms with Gasteiger partial charge in [-0.3, -0.25) is 10.1 Å². The molecule has 0 saturated heterocycles. The topological polar surface area (TPSA) is 52.4 Å². The molecule has 0 aromatic heterocycles. The van der Waals surface area contributed by atoms with E-state index in [-0.39, 0.29) is 18.1 Å². The fourth-order valence-corrected chi connectivity index (χ4v) is 1.54. The average Bonchev–Trinajstić information content (AvgIpc) is 2.63. The van der Waals surface area contributed by atoms with Crippen molar-refractivity contribution in [1.29, 1.82) is 0 Å². The Bertz CT molecular complexity index is 543. The molecule has 0 heterocycles. The van der Waals surface area contributed by atoms with Gasteiger partial charge in [0, 0.05) is 0 Å². The van der Waals surface area contributed by atoms with Gasteiger partial charge in [0.1, 0.15) is 6.61 Å². The predicted octanol–water partition coefficient (Wildman–Crippen LogP) is 6.02. The minimum absolute atomic E-state index is 0.0713. The van der Waals surface area contributed by atoms with Gasteiger partial charge in [-0.2, -0.15) is 0 Å². The first-order chi connectivity index (χ1) is 11.7. The van der Waals surface area contributed by atoms with Crippen LogP contribution in [0, 0.1) is 10.1 Å². The summed E-state index contributed by atoms with van der Waals surface area (Å²) < 4.78 is 5.41. The summed E-state index contributed by atoms with van der Waals surface area (Å²) in [6.45, 7) is 13.4. The van der Waals surface area contributed by atoms with Crippen molar-refractivity contribution in [3.05, 3.63) is 88.3 Å². The van der Waals surface area contributed by atoms with Gasteiger partial charge < -0.3 is 4.74 Å². The molecule has 0 unspecified atom stereocenters. The molecule has 0 fully saturated rings. The first-order valence-electron chi connectivity index (χ1n) is 8.17. The third kappa shape index (κ3) is 10.2. The van der Waals surface area contributed by atoms with E-state index in [0.29, 0.717) is 0 Å². The van der Waals surface area contributed by atoms with Crippen molar-refractivity contribution in [2.45, 2.75) is 34.6 Å². The Balaban J connectivity index is 0. The maximum atomic E-state index is 10.9. The Labute approximate surface area is 146 Å². The Morgan fingerprint density at radius 3 is 2.25 bits per heavy atom. The van der Waals surface area contributed by atoms with Crippen LogP contribution in [0.2, 0.25) is 0 Å². The van der Waals surface area contributed by atoms with E-state index < -0.39 is 4.92 Å². The normalized spacial score (nSPS) is 10.9. The van der Waals surface area contributed by atoms with Crippen LogP contribution in [0.15, 0.2) is 72.7 Å². The zero-order valence-electron chi connectivity index (χ0n) is 15.4. The molecule has 0 aliphatic carbocycles. The monoisotopic (exact) mass is 331 g/mol. The van der Waals surface area contributed by atoms with Crippen molar-refractivity contribution in [2.75, 3.05) is 6.61 Å². The molecule has 0 aliphatic heterocycles. The molecule has 0 radical (unpaired) electrons. The maximum absolute atomic E-state index is 10.9. The third-order valence-electron chi connectivity index (χ3n) is 2.44. The number of nitrogens with zero attached hydrogens (tertiary/aromatic N) is 1. The quantitative estimate of drug-likeness (QED) is 0.266. The first kappa shape index (κ1) is 23.6. The minimum Gasteiger partial charge on any atom is -0.483 e. The largest absolute Gasteiger partial charge is 0.483 e. The lowest BCUT2D eigenvalue weighted by Crippen LogP contribution is -2.05. The highest BCUT2D eigenvalue weighted by atomic mass is 16.6. The lowest BCUT2D eigenvalue weighted by atomic mass is 10.2. The summed E-state index contributed by atoms with van der Waals surface area (Å²) in [6, 6.07) is 9.74. The molecule has 24 heavy (non-hydrogen) atoms. The van der Waals surface area contributed by atoms with Gasteiger partial charge in [0.05, 0.1) is 4.92 Å². The number of rotatable bonds is 7. The van der Waals surface area contributed by atoms with Crippen LogP contribution in [0.25, 0.3) is 6.08 Å². The number of ether oxygens (including phenoxy) is 1. The first-order valence-corrected chi connectivity index (χ1v) is 8.17. The van der Waals surface area contributed by atoms with Crippen LogP contribution < -0.4 is 0 Å². The van der Waals surface area contributed by atoms with Gasteiger partial charge in [-0.15, -0.1) is 0 Å². The summed E-state index contributed by atoms with van der Waals surface area (Å²) in [6.07, 6.45) is 8.04. The van der Waals surface area contributed by atoms with E-state index in [1.165, 1.54) is 18.2 Å². The van der Waals surface area contributed by atoms with E-state index in [0.717, 1.165) is 5.56 Å². The second-order valence-electron chi connectivity index (χ2n) is 3.82. The summed E-state index contributed by atoms with van der Waals surface area (Å²) in [5, 5.41) is 10.9. The van der Waals surface area contributed by atoms with E-state index in [1.54, 1.807) is 13.0 Å². The molecule has 0 saturated carbocycles. The smallest absolute Gasteiger partial charge is 0.306 e. The predicted molar refractivity (Wildman–Crippen MR) is 103 cm³/mol. The molecule has 4 heteroatoms. The van der Waals surface area contributed by atoms with Crippen molar-refractivity contribution >= 4 is 6.08 Å². The lowest BCUT2D eigenvalue weighted by molar-refractivity contribution is -0.424. The van der Waals surface area contributed by atoms with Crippen molar-refractivity contribution in [1.82, 2.24) is 0 Å². The van der Waals surface area contributed by atoms with Crippen LogP contribution in [0.5, 0.6) is 0 Å². The molecule has 0 atom stereocenters. The summed E-state index contributed by atoms with van der Waals surface area (Å²) >= 11 is 0. The van der Waals surface area contributed by atoms with Crippen LogP contribution in [0.1, 0.15) is 40.2 Å². The molecule has 1 aromatic carbocycles. The SMILES string of the molecule is C=C/C=C(OC/C=C/c1ccccc1)\C(=C/C)[N+](=O)[O-].CC.CC. The average molecular weight is 331 g/mol. The Morgan fingerprint density at radius 1 is 1.21 bits per heavy atom. The highest BCUT2D eigenvalue weighted by Crippen LogP contribution is 2.13. The molecule has 1 rings (SSSR count). The zero-order valence-corrected chi connectivity index (χ0v) is 15.4. The molecule has 132 valence electrons. The molecule has 0 amide bonds. The minimum atomic E-state index is -0.476. The number of benzene rings is 1. The summed E-state index contributed by atoms with van der Waals surface area (Å²) in [5.41, 5.74) is 0.976. The van der Waals surface area contributed by atoms with E-state index in [2.05, 4.69) is 6.58 Å². The third-order valence-corrected chi connectivity index (χ3v) is 2.44. The molecular formula is C20H29NO3. The van der Waals surface area contributed by atoms with E-state index in [1.807, 2.05) is 64.1 Å². The fraction of sp³-hybridized carbons (Fsp3) is 0.300. The standard InChI is InChI=1S/C16H17NO3.2C2H6/c1-3-9-16(15(4-2)17(18)19)20-13-8-12-14-10-6-5-7-11-14;2*1-2/h3-12H,1,13H2,2H3;2*1-2H3/b12-8+,15-4+,16-9+;;. The molecule has 1 aromatic rings. The van der Waals surface area contributed by atoms with E-state index in [9.17, 15) is 10.1 Å². The van der Waals surface area contributed by atoms with Gasteiger partial charge in [0.2, 0.25) is 0 Å². The van der Waals surface area contributed by atoms with Gasteiger partial charge in [0.15, 0.2) is 5.76 Å². The van der Waals surface area contributed by atoms with Crippen molar-refractivity contribution in [3.63, 3.8) is 0 Å². The summed E-state index contributed by atoms with van der Waals surface area (Å²) in [4.78, 5) is 10.4. The molecule has 0 N–H and O–H groups in total. The van der Waals surface area contributed by atoms with Crippen LogP contribution in [0.4, 0.5) is 0 Å². The van der Waals surface area contributed by atoms with Crippen molar-refractivity contribution in [3.8, 4) is 0 Å². The van der Waals surface area contributed by atoms with Gasteiger partial charge in [-0.25, -0.2) is 0 Å². The van der Waals surface area contributed by atoms with E-state index >= 15 is 0 Å². The molecule has 0 spiro atoms. The van der Waals surface area contributed by atoms with Crippen LogP contribution in [-0.4, -0.2) is 11.5 Å². The Morgan fingerprint density at radius 2 is 1.79 bits per heavy atom. The highest BCUT2D eigenvalue weighted by molar-refractivity contribution is 5.48. The fourth-order valence-electron chi connectivity index (χ4n) is 1.54. The molecule has 0 aliphatic rings. The summed E-state index contributed by atoms with van der Waals surface area (Å²) in [5.74, 6) is 0.199. The lowest BCUT2D eigenvalue weighted by Gasteiger charge is -2.05. The van der Waals surface area contributed by atoms with Crippen molar-refractivity contribution in [2.24, 2.45) is 0 Å². The number of hydrogen-bond acceptors (Lipinski definition) is 3. The molecular weight excluding hydrogens is 302 g/mol. The molecule has 4 nitrogen and oxygen atoms in total. The zero-order chi connectivity index (χ0) is 18.8.